The zero-order valence-electron chi connectivity index (χ0n) is 12.3. The Morgan fingerprint density at radius 1 is 1.22 bits per heavy atom. The van der Waals surface area contributed by atoms with Crippen LogP contribution in [0.5, 0.6) is 0 Å². The second-order valence-corrected chi connectivity index (χ2v) is 5.73. The van der Waals surface area contributed by atoms with Crippen LogP contribution in [0.4, 0.5) is 0 Å². The zero-order valence-corrected chi connectivity index (χ0v) is 13.0. The normalized spacial score (nSPS) is 11.0. The van der Waals surface area contributed by atoms with E-state index in [2.05, 4.69) is 10.1 Å². The van der Waals surface area contributed by atoms with Gasteiger partial charge in [0.1, 0.15) is 5.69 Å². The predicted molar refractivity (Wildman–Crippen MR) is 87.8 cm³/mol. The molecule has 23 heavy (non-hydrogen) atoms. The van der Waals surface area contributed by atoms with E-state index < -0.39 is 5.91 Å². The first-order valence-corrected chi connectivity index (χ1v) is 7.57. The van der Waals surface area contributed by atoms with E-state index in [9.17, 15) is 9.59 Å². The molecule has 3 aromatic rings. The van der Waals surface area contributed by atoms with Crippen LogP contribution in [-0.2, 0) is 12.8 Å². The van der Waals surface area contributed by atoms with Gasteiger partial charge in [0, 0.05) is 22.8 Å². The van der Waals surface area contributed by atoms with Crippen LogP contribution in [0, 0.1) is 0 Å². The molecule has 0 atom stereocenters. The van der Waals surface area contributed by atoms with Gasteiger partial charge in [0.05, 0.1) is 0 Å². The number of benzene rings is 1. The maximum atomic E-state index is 12.0. The number of fused-ring (bicyclic) bond motifs is 1. The molecule has 0 aliphatic heterocycles. The van der Waals surface area contributed by atoms with Crippen molar-refractivity contribution < 1.29 is 4.79 Å². The highest BCUT2D eigenvalue weighted by Crippen LogP contribution is 2.12. The molecular weight excluding hydrogens is 316 g/mol. The third-order valence-corrected chi connectivity index (χ3v) is 3.83. The zero-order chi connectivity index (χ0) is 16.4. The van der Waals surface area contributed by atoms with Crippen molar-refractivity contribution in [3.05, 3.63) is 68.7 Å². The van der Waals surface area contributed by atoms with E-state index >= 15 is 0 Å². The van der Waals surface area contributed by atoms with Gasteiger partial charge in [-0.05, 0) is 37.0 Å². The molecule has 0 saturated carbocycles. The predicted octanol–water partition coefficient (Wildman–Crippen LogP) is 1.95. The lowest BCUT2D eigenvalue weighted by atomic mass is 10.1. The Labute approximate surface area is 136 Å². The highest BCUT2D eigenvalue weighted by Gasteiger charge is 2.09. The average molecular weight is 331 g/mol. The number of hydrogen-bond acceptors (Lipinski definition) is 3. The van der Waals surface area contributed by atoms with Crippen LogP contribution in [0.3, 0.4) is 0 Å². The molecule has 0 spiro atoms. The largest absolute Gasteiger partial charge is 0.364 e. The first kappa shape index (κ1) is 15.3. The lowest BCUT2D eigenvalue weighted by Gasteiger charge is -2.02. The number of rotatable bonds is 5. The van der Waals surface area contributed by atoms with Crippen molar-refractivity contribution in [2.75, 3.05) is 0 Å². The molecule has 0 aliphatic rings. The number of halogens is 1. The number of hydrogen-bond donors (Lipinski definition) is 2. The Kier molecular flexibility index (Phi) is 4.16. The average Bonchev–Trinajstić information content (AvgIpc) is 2.94. The number of carbonyl (C=O) groups excluding carboxylic acids is 1. The van der Waals surface area contributed by atoms with Gasteiger partial charge in [-0.15, -0.1) is 0 Å². The SMILES string of the molecule is NC(=O)c1cc2nc(CCCc3ccc(Cl)cc3)cc(=O)n2[nH]1. The Morgan fingerprint density at radius 2 is 1.96 bits per heavy atom. The van der Waals surface area contributed by atoms with E-state index in [1.165, 1.54) is 22.2 Å². The van der Waals surface area contributed by atoms with Crippen LogP contribution in [-0.4, -0.2) is 20.5 Å². The van der Waals surface area contributed by atoms with Crippen molar-refractivity contribution in [2.24, 2.45) is 5.73 Å². The molecule has 3 N–H and O–H groups in total. The Morgan fingerprint density at radius 3 is 2.65 bits per heavy atom. The number of aryl methyl sites for hydroxylation is 2. The standard InChI is InChI=1S/C16H15ClN4O2/c17-11-6-4-10(5-7-11)2-1-3-12-8-15(22)21-14(19-12)9-13(20-21)16(18)23/h4-9,20H,1-3H2,(H2,18,23). The minimum atomic E-state index is -0.626. The number of aromatic nitrogens is 3. The molecule has 3 rings (SSSR count). The number of aromatic amines is 1. The molecule has 0 bridgehead atoms. The fourth-order valence-corrected chi connectivity index (χ4v) is 2.55. The second kappa shape index (κ2) is 6.26. The molecule has 1 amide bonds. The Balaban J connectivity index is 1.74. The fraction of sp³-hybridized carbons (Fsp3) is 0.188. The van der Waals surface area contributed by atoms with Gasteiger partial charge in [-0.25, -0.2) is 9.50 Å². The topological polar surface area (TPSA) is 93.2 Å². The van der Waals surface area contributed by atoms with E-state index in [1.807, 2.05) is 24.3 Å². The molecule has 2 aromatic heterocycles. The number of nitrogens with one attached hydrogen (secondary N) is 1. The Hall–Kier alpha value is -2.60. The molecule has 0 fully saturated rings. The van der Waals surface area contributed by atoms with E-state index in [0.29, 0.717) is 22.8 Å². The third-order valence-electron chi connectivity index (χ3n) is 3.58. The quantitative estimate of drug-likeness (QED) is 0.748. The van der Waals surface area contributed by atoms with Crippen molar-refractivity contribution >= 4 is 23.2 Å². The molecule has 0 aliphatic carbocycles. The molecule has 7 heteroatoms. The summed E-state index contributed by atoms with van der Waals surface area (Å²) in [5, 5.41) is 3.35. The van der Waals surface area contributed by atoms with Crippen molar-refractivity contribution in [1.29, 1.82) is 0 Å². The minimum Gasteiger partial charge on any atom is -0.364 e. The molecular formula is C16H15ClN4O2. The fourth-order valence-electron chi connectivity index (χ4n) is 2.42. The summed E-state index contributed by atoms with van der Waals surface area (Å²) >= 11 is 5.86. The van der Waals surface area contributed by atoms with Gasteiger partial charge in [-0.2, -0.15) is 0 Å². The number of primary amides is 1. The molecule has 0 saturated heterocycles. The maximum absolute atomic E-state index is 12.0. The number of amides is 1. The van der Waals surface area contributed by atoms with Gasteiger partial charge in [-0.1, -0.05) is 23.7 Å². The van der Waals surface area contributed by atoms with Crippen LogP contribution in [0.15, 0.2) is 41.2 Å². The van der Waals surface area contributed by atoms with Crippen LogP contribution < -0.4 is 11.3 Å². The van der Waals surface area contributed by atoms with Gasteiger partial charge < -0.3 is 5.73 Å². The van der Waals surface area contributed by atoms with Crippen LogP contribution >= 0.6 is 11.6 Å². The van der Waals surface area contributed by atoms with Crippen molar-refractivity contribution in [1.82, 2.24) is 14.6 Å². The van der Waals surface area contributed by atoms with Crippen LogP contribution in [0.2, 0.25) is 5.02 Å². The van der Waals surface area contributed by atoms with Gasteiger partial charge in [0.2, 0.25) is 0 Å². The van der Waals surface area contributed by atoms with Gasteiger partial charge >= 0.3 is 0 Å². The summed E-state index contributed by atoms with van der Waals surface area (Å²) < 4.78 is 1.21. The summed E-state index contributed by atoms with van der Waals surface area (Å²) in [6.45, 7) is 0. The summed E-state index contributed by atoms with van der Waals surface area (Å²) in [6, 6.07) is 10.6. The smallest absolute Gasteiger partial charge is 0.272 e. The van der Waals surface area contributed by atoms with Gasteiger partial charge in [-0.3, -0.25) is 14.7 Å². The van der Waals surface area contributed by atoms with E-state index in [0.717, 1.165) is 12.8 Å². The summed E-state index contributed by atoms with van der Waals surface area (Å²) in [5.41, 5.74) is 7.37. The van der Waals surface area contributed by atoms with Crippen molar-refractivity contribution in [3.8, 4) is 0 Å². The van der Waals surface area contributed by atoms with Crippen LogP contribution in [0.25, 0.3) is 5.65 Å². The van der Waals surface area contributed by atoms with E-state index in [1.54, 1.807) is 0 Å². The number of H-pyrrole nitrogens is 1. The van der Waals surface area contributed by atoms with E-state index in [4.69, 9.17) is 17.3 Å². The molecule has 6 nitrogen and oxygen atoms in total. The lowest BCUT2D eigenvalue weighted by molar-refractivity contribution is 0.0995. The number of nitrogens with two attached hydrogens (primary N) is 1. The summed E-state index contributed by atoms with van der Waals surface area (Å²) in [7, 11) is 0. The number of carbonyl (C=O) groups is 1. The summed E-state index contributed by atoms with van der Waals surface area (Å²) in [4.78, 5) is 27.6. The van der Waals surface area contributed by atoms with Crippen molar-refractivity contribution in [2.45, 2.75) is 19.3 Å². The minimum absolute atomic E-state index is 0.160. The van der Waals surface area contributed by atoms with E-state index in [-0.39, 0.29) is 11.3 Å². The van der Waals surface area contributed by atoms with Crippen LogP contribution in [0.1, 0.15) is 28.2 Å². The number of nitrogens with zero attached hydrogens (tertiary/aromatic N) is 2. The highest BCUT2D eigenvalue weighted by molar-refractivity contribution is 6.30. The molecule has 2 heterocycles. The van der Waals surface area contributed by atoms with Gasteiger partial charge in [0.15, 0.2) is 5.65 Å². The van der Waals surface area contributed by atoms with Gasteiger partial charge in [0.25, 0.3) is 11.5 Å². The summed E-state index contributed by atoms with van der Waals surface area (Å²) in [5.74, 6) is -0.626. The summed E-state index contributed by atoms with van der Waals surface area (Å²) in [6.07, 6.45) is 2.40. The second-order valence-electron chi connectivity index (χ2n) is 5.29. The first-order chi connectivity index (χ1) is 11.0. The third kappa shape index (κ3) is 3.43. The molecule has 1 aromatic carbocycles. The highest BCUT2D eigenvalue weighted by atomic mass is 35.5. The lowest BCUT2D eigenvalue weighted by Crippen LogP contribution is -2.17. The molecule has 118 valence electrons. The maximum Gasteiger partial charge on any atom is 0.272 e. The van der Waals surface area contributed by atoms with Crippen molar-refractivity contribution in [3.63, 3.8) is 0 Å². The first-order valence-electron chi connectivity index (χ1n) is 7.19. The molecule has 0 radical (unpaired) electrons. The Bertz CT molecular complexity index is 912. The molecule has 0 unspecified atom stereocenters. The monoisotopic (exact) mass is 330 g/mol.